The number of ether oxygens (including phenoxy) is 3. The zero-order valence-corrected chi connectivity index (χ0v) is 44.6. The van der Waals surface area contributed by atoms with Crippen LogP contribution in [0, 0.1) is 0 Å². The van der Waals surface area contributed by atoms with Crippen molar-refractivity contribution in [1.29, 1.82) is 0 Å². The predicted molar refractivity (Wildman–Crippen MR) is 282 cm³/mol. The van der Waals surface area contributed by atoms with Crippen LogP contribution in [0.1, 0.15) is 258 Å². The predicted octanol–water partition coefficient (Wildman–Crippen LogP) is 15.4. The molecule has 0 fully saturated rings. The highest BCUT2D eigenvalue weighted by Crippen LogP contribution is 2.17. The number of carbonyl (C=O) groups excluding carboxylic acids is 3. The van der Waals surface area contributed by atoms with Crippen LogP contribution in [0.5, 0.6) is 0 Å². The third-order valence-corrected chi connectivity index (χ3v) is 12.7. The average molecular weight is 943 g/mol. The number of unbranched alkanes of at least 4 members (excludes halogenated alkanes) is 29. The molecule has 0 aliphatic heterocycles. The van der Waals surface area contributed by atoms with Gasteiger partial charge in [-0.15, -0.1) is 0 Å². The summed E-state index contributed by atoms with van der Waals surface area (Å²) in [6.07, 6.45) is 61.5. The number of hydrogen-bond acceptors (Lipinski definition) is 7. The topological polar surface area (TPSA) is 102 Å². The molecular formula is C59H107NO7. The van der Waals surface area contributed by atoms with E-state index < -0.39 is 18.1 Å². The summed E-state index contributed by atoms with van der Waals surface area (Å²) in [5.41, 5.74) is 0. The molecule has 0 spiro atoms. The number of carboxylic acids is 1. The number of esters is 2. The van der Waals surface area contributed by atoms with Crippen molar-refractivity contribution in [1.82, 2.24) is 0 Å². The number of hydrogen-bond donors (Lipinski definition) is 0. The molecule has 0 aromatic heterocycles. The van der Waals surface area contributed by atoms with Gasteiger partial charge in [-0.3, -0.25) is 9.59 Å². The van der Waals surface area contributed by atoms with Crippen molar-refractivity contribution in [2.45, 2.75) is 270 Å². The molecule has 67 heavy (non-hydrogen) atoms. The van der Waals surface area contributed by atoms with Crippen molar-refractivity contribution in [3.05, 3.63) is 48.6 Å². The minimum atomic E-state index is -1.12. The Balaban J connectivity index is 4.17. The van der Waals surface area contributed by atoms with Gasteiger partial charge in [0.05, 0.1) is 40.3 Å². The standard InChI is InChI=1S/C59H107NO7/c1-6-8-10-12-14-16-18-20-22-24-26-28-30-32-34-36-38-40-42-44-46-48-50-58(62)67-55(53-65-52-51-56(59(63)64)60(3,4)5)54-66-57(61)49-47-45-43-41-39-37-35-33-31-29-27-25-23-21-19-17-15-13-11-9-7-2/h8,10,14,16,20,22,26,28,55-56H,6-7,9,11-13,15,17-19,21,23-25,27,29-54H2,1-5H3/b10-8+,16-14+,22-20+,28-26+. The van der Waals surface area contributed by atoms with E-state index in [0.717, 1.165) is 70.6 Å². The molecule has 0 saturated carbocycles. The Bertz CT molecular complexity index is 1230. The highest BCUT2D eigenvalue weighted by molar-refractivity contribution is 5.70. The summed E-state index contributed by atoms with van der Waals surface area (Å²) in [4.78, 5) is 37.1. The van der Waals surface area contributed by atoms with Crippen LogP contribution in [-0.4, -0.2) is 75.5 Å². The van der Waals surface area contributed by atoms with E-state index >= 15 is 0 Å². The molecule has 0 aromatic carbocycles. The molecular weight excluding hydrogens is 835 g/mol. The maximum absolute atomic E-state index is 12.8. The second-order valence-electron chi connectivity index (χ2n) is 20.2. The summed E-state index contributed by atoms with van der Waals surface area (Å²) < 4.78 is 17.3. The molecule has 8 heteroatoms. The summed E-state index contributed by atoms with van der Waals surface area (Å²) in [6.45, 7) is 4.59. The number of carbonyl (C=O) groups is 3. The lowest BCUT2D eigenvalue weighted by Gasteiger charge is -2.34. The molecule has 2 atom stereocenters. The van der Waals surface area contributed by atoms with E-state index in [4.69, 9.17) is 14.2 Å². The van der Waals surface area contributed by atoms with Crippen molar-refractivity contribution in [2.75, 3.05) is 41.0 Å². The fourth-order valence-electron chi connectivity index (χ4n) is 8.42. The summed E-state index contributed by atoms with van der Waals surface area (Å²) in [5.74, 6) is -1.73. The van der Waals surface area contributed by atoms with Gasteiger partial charge in [0, 0.05) is 19.3 Å². The first-order chi connectivity index (χ1) is 32.6. The Morgan fingerprint density at radius 3 is 1.24 bits per heavy atom. The van der Waals surface area contributed by atoms with Gasteiger partial charge >= 0.3 is 11.9 Å². The van der Waals surface area contributed by atoms with Crippen LogP contribution in [0.15, 0.2) is 48.6 Å². The lowest BCUT2D eigenvalue weighted by molar-refractivity contribution is -0.889. The van der Waals surface area contributed by atoms with Gasteiger partial charge in [0.2, 0.25) is 0 Å². The van der Waals surface area contributed by atoms with E-state index in [0.29, 0.717) is 12.8 Å². The largest absolute Gasteiger partial charge is 0.544 e. The van der Waals surface area contributed by atoms with E-state index in [-0.39, 0.29) is 42.7 Å². The maximum atomic E-state index is 12.8. The first kappa shape index (κ1) is 64.3. The van der Waals surface area contributed by atoms with Crippen LogP contribution in [-0.2, 0) is 28.6 Å². The van der Waals surface area contributed by atoms with Gasteiger partial charge < -0.3 is 28.6 Å². The first-order valence-corrected chi connectivity index (χ1v) is 28.2. The molecule has 0 heterocycles. The van der Waals surface area contributed by atoms with Gasteiger partial charge in [-0.1, -0.05) is 236 Å². The minimum Gasteiger partial charge on any atom is -0.544 e. The third kappa shape index (κ3) is 48.1. The van der Waals surface area contributed by atoms with Gasteiger partial charge in [0.1, 0.15) is 12.6 Å². The Kier molecular flexibility index (Phi) is 47.7. The molecule has 0 aliphatic rings. The molecule has 0 rings (SSSR count). The summed E-state index contributed by atoms with van der Waals surface area (Å²) in [7, 11) is 5.42. The smallest absolute Gasteiger partial charge is 0.306 e. The molecule has 8 nitrogen and oxygen atoms in total. The SMILES string of the molecule is CC/C=C/C/C=C/C/C=C/C/C=C/CCCCCCCCCCCC(=O)OC(COCCC(C(=O)[O-])[N+](C)(C)C)COC(=O)CCCCCCCCCCCCCCCCCCCCCCC. The number of likely N-dealkylation sites (N-methyl/N-ethyl adjacent to an activating group) is 1. The van der Waals surface area contributed by atoms with Gasteiger partial charge in [-0.2, -0.15) is 0 Å². The monoisotopic (exact) mass is 942 g/mol. The second kappa shape index (κ2) is 49.7. The van der Waals surface area contributed by atoms with Crippen LogP contribution in [0.25, 0.3) is 0 Å². The minimum absolute atomic E-state index is 0.0404. The van der Waals surface area contributed by atoms with Crippen LogP contribution >= 0.6 is 0 Å². The van der Waals surface area contributed by atoms with Gasteiger partial charge in [-0.25, -0.2) is 0 Å². The van der Waals surface area contributed by atoms with Crippen molar-refractivity contribution in [2.24, 2.45) is 0 Å². The molecule has 0 bridgehead atoms. The number of allylic oxidation sites excluding steroid dienone is 8. The zero-order chi connectivity index (χ0) is 49.2. The fraction of sp³-hybridized carbons (Fsp3) is 0.814. The summed E-state index contributed by atoms with van der Waals surface area (Å²) in [5, 5.41) is 11.7. The van der Waals surface area contributed by atoms with Gasteiger partial charge in [-0.05, 0) is 51.4 Å². The lowest BCUT2D eigenvalue weighted by Crippen LogP contribution is -2.55. The quantitative estimate of drug-likeness (QED) is 0.0259. The van der Waals surface area contributed by atoms with Gasteiger partial charge in [0.15, 0.2) is 6.10 Å². The number of rotatable bonds is 51. The van der Waals surface area contributed by atoms with E-state index in [9.17, 15) is 19.5 Å². The van der Waals surface area contributed by atoms with Crippen molar-refractivity contribution in [3.8, 4) is 0 Å². The van der Waals surface area contributed by atoms with E-state index in [1.807, 2.05) is 21.1 Å². The number of nitrogens with zero attached hydrogens (tertiary/aromatic N) is 1. The highest BCUT2D eigenvalue weighted by atomic mass is 16.6. The van der Waals surface area contributed by atoms with Crippen LogP contribution < -0.4 is 5.11 Å². The molecule has 0 aliphatic carbocycles. The molecule has 0 aromatic rings. The number of aliphatic carboxylic acids is 1. The lowest BCUT2D eigenvalue weighted by atomic mass is 10.0. The third-order valence-electron chi connectivity index (χ3n) is 12.7. The van der Waals surface area contributed by atoms with Crippen LogP contribution in [0.2, 0.25) is 0 Å². The second-order valence-corrected chi connectivity index (χ2v) is 20.2. The molecule has 0 amide bonds. The normalized spacial score (nSPS) is 13.1. The van der Waals surface area contributed by atoms with Crippen LogP contribution in [0.3, 0.4) is 0 Å². The van der Waals surface area contributed by atoms with E-state index in [2.05, 4.69) is 62.5 Å². The first-order valence-electron chi connectivity index (χ1n) is 28.2. The van der Waals surface area contributed by atoms with E-state index in [1.165, 1.54) is 154 Å². The van der Waals surface area contributed by atoms with Crippen molar-refractivity contribution >= 4 is 17.9 Å². The van der Waals surface area contributed by atoms with Crippen molar-refractivity contribution < 1.29 is 38.2 Å². The zero-order valence-electron chi connectivity index (χ0n) is 44.6. The average Bonchev–Trinajstić information content (AvgIpc) is 3.29. The molecule has 0 N–H and O–H groups in total. The van der Waals surface area contributed by atoms with E-state index in [1.54, 1.807) is 0 Å². The number of carboxylic acid groups (broad SMARTS) is 1. The summed E-state index contributed by atoms with van der Waals surface area (Å²) in [6, 6.07) is -0.727. The molecule has 390 valence electrons. The fourth-order valence-corrected chi connectivity index (χ4v) is 8.42. The molecule has 0 radical (unpaired) electrons. The summed E-state index contributed by atoms with van der Waals surface area (Å²) >= 11 is 0. The molecule has 2 unspecified atom stereocenters. The van der Waals surface area contributed by atoms with Crippen molar-refractivity contribution in [3.63, 3.8) is 0 Å². The Labute approximate surface area is 414 Å². The van der Waals surface area contributed by atoms with Crippen LogP contribution in [0.4, 0.5) is 0 Å². The maximum Gasteiger partial charge on any atom is 0.306 e. The number of quaternary nitrogens is 1. The Hall–Kier alpha value is -2.71. The Morgan fingerprint density at radius 1 is 0.463 bits per heavy atom. The Morgan fingerprint density at radius 2 is 0.836 bits per heavy atom. The van der Waals surface area contributed by atoms with Gasteiger partial charge in [0.25, 0.3) is 0 Å². The molecule has 0 saturated heterocycles. The highest BCUT2D eigenvalue weighted by Gasteiger charge is 2.25.